The monoisotopic (exact) mass is 185 g/mol. The van der Waals surface area contributed by atoms with E-state index in [1.54, 1.807) is 13.8 Å². The van der Waals surface area contributed by atoms with Crippen molar-refractivity contribution in [1.82, 2.24) is 0 Å². The molecule has 3 heteroatoms. The summed E-state index contributed by atoms with van der Waals surface area (Å²) in [7, 11) is 0. The summed E-state index contributed by atoms with van der Waals surface area (Å²) in [6.07, 6.45) is 0.556. The predicted octanol–water partition coefficient (Wildman–Crippen LogP) is 1.56. The Kier molecular flexibility index (Phi) is 4.77. The molecule has 0 amide bonds. The van der Waals surface area contributed by atoms with E-state index in [0.29, 0.717) is 6.42 Å². The zero-order valence-corrected chi connectivity index (χ0v) is 9.68. The van der Waals surface area contributed by atoms with E-state index in [9.17, 15) is 10.2 Å². The van der Waals surface area contributed by atoms with Crippen LogP contribution in [-0.2, 0) is 0 Å². The molecule has 2 nitrogen and oxygen atoms in total. The summed E-state index contributed by atoms with van der Waals surface area (Å²) >= 11 is 0. The summed E-state index contributed by atoms with van der Waals surface area (Å²) < 4.78 is 0. The SMILES string of the molecule is CCC(O)(C(C)(C)C)C(C)(C)O.[B]. The summed E-state index contributed by atoms with van der Waals surface area (Å²) in [6.45, 7) is 11.0. The minimum absolute atomic E-state index is 0. The molecule has 0 aliphatic rings. The molecule has 0 spiro atoms. The summed E-state index contributed by atoms with van der Waals surface area (Å²) in [5.74, 6) is 0. The van der Waals surface area contributed by atoms with E-state index < -0.39 is 11.2 Å². The van der Waals surface area contributed by atoms with E-state index in [1.807, 2.05) is 27.7 Å². The van der Waals surface area contributed by atoms with E-state index in [2.05, 4.69) is 0 Å². The Hall–Kier alpha value is -0.0151. The van der Waals surface area contributed by atoms with Crippen LogP contribution in [0.2, 0.25) is 0 Å². The van der Waals surface area contributed by atoms with E-state index >= 15 is 0 Å². The maximum atomic E-state index is 10.2. The molecule has 0 bridgehead atoms. The van der Waals surface area contributed by atoms with Crippen molar-refractivity contribution in [2.45, 2.75) is 59.2 Å². The summed E-state index contributed by atoms with van der Waals surface area (Å²) in [5.41, 5.74) is -2.39. The van der Waals surface area contributed by atoms with E-state index in [4.69, 9.17) is 0 Å². The third-order valence-electron chi connectivity index (χ3n) is 2.76. The first-order chi connectivity index (χ1) is 5.06. The summed E-state index contributed by atoms with van der Waals surface area (Å²) in [5, 5.41) is 20.1. The van der Waals surface area contributed by atoms with Crippen LogP contribution in [0.5, 0.6) is 0 Å². The fourth-order valence-electron chi connectivity index (χ4n) is 1.88. The van der Waals surface area contributed by atoms with Gasteiger partial charge in [0.2, 0.25) is 0 Å². The Morgan fingerprint density at radius 2 is 1.23 bits per heavy atom. The Labute approximate surface area is 83.9 Å². The number of rotatable bonds is 2. The normalized spacial score (nSPS) is 17.5. The highest BCUT2D eigenvalue weighted by Crippen LogP contribution is 2.41. The van der Waals surface area contributed by atoms with Gasteiger partial charge in [0.05, 0.1) is 11.2 Å². The summed E-state index contributed by atoms with van der Waals surface area (Å²) in [6, 6.07) is 0. The second-order valence-electron chi connectivity index (χ2n) is 5.02. The number of hydrogen-bond donors (Lipinski definition) is 2. The fourth-order valence-corrected chi connectivity index (χ4v) is 1.88. The molecule has 0 rings (SSSR count). The lowest BCUT2D eigenvalue weighted by molar-refractivity contribution is -0.188. The van der Waals surface area contributed by atoms with Crippen LogP contribution in [0.4, 0.5) is 0 Å². The van der Waals surface area contributed by atoms with Gasteiger partial charge in [-0.25, -0.2) is 0 Å². The molecule has 0 aliphatic carbocycles. The second kappa shape index (κ2) is 4.01. The minimum Gasteiger partial charge on any atom is -0.387 e. The van der Waals surface area contributed by atoms with Crippen molar-refractivity contribution in [1.29, 1.82) is 0 Å². The summed E-state index contributed by atoms with van der Waals surface area (Å²) in [4.78, 5) is 0. The lowest BCUT2D eigenvalue weighted by Crippen LogP contribution is -2.58. The van der Waals surface area contributed by atoms with Crippen molar-refractivity contribution in [2.75, 3.05) is 0 Å². The molecular formula is C10H22BO2. The Balaban J connectivity index is 0. The maximum absolute atomic E-state index is 10.2. The Morgan fingerprint density at radius 3 is 1.23 bits per heavy atom. The zero-order chi connectivity index (χ0) is 10.2. The van der Waals surface area contributed by atoms with E-state index in [0.717, 1.165) is 0 Å². The first kappa shape index (κ1) is 15.5. The Morgan fingerprint density at radius 1 is 0.923 bits per heavy atom. The molecule has 0 fully saturated rings. The highest BCUT2D eigenvalue weighted by molar-refractivity contribution is 5.75. The van der Waals surface area contributed by atoms with Crippen LogP contribution in [0, 0.1) is 5.41 Å². The lowest BCUT2D eigenvalue weighted by atomic mass is 9.66. The average molecular weight is 185 g/mol. The van der Waals surface area contributed by atoms with Crippen LogP contribution in [0.15, 0.2) is 0 Å². The molecular weight excluding hydrogens is 163 g/mol. The Bertz CT molecular complexity index is 139. The standard InChI is InChI=1S/C10H22O2.B/c1-7-10(12,8(2,3)4)9(5,6)11;/h11-12H,7H2,1-6H3;. The van der Waals surface area contributed by atoms with Gasteiger partial charge >= 0.3 is 0 Å². The van der Waals surface area contributed by atoms with Gasteiger partial charge in [0.1, 0.15) is 0 Å². The predicted molar refractivity (Wildman–Crippen MR) is 56.7 cm³/mol. The van der Waals surface area contributed by atoms with Crippen LogP contribution < -0.4 is 0 Å². The molecule has 0 heterocycles. The minimum atomic E-state index is -1.06. The highest BCUT2D eigenvalue weighted by atomic mass is 16.4. The van der Waals surface area contributed by atoms with Gasteiger partial charge in [0.15, 0.2) is 0 Å². The van der Waals surface area contributed by atoms with Crippen LogP contribution in [0.1, 0.15) is 48.0 Å². The highest BCUT2D eigenvalue weighted by Gasteiger charge is 2.49. The van der Waals surface area contributed by atoms with Crippen LogP contribution in [-0.4, -0.2) is 29.8 Å². The maximum Gasteiger partial charge on any atom is 0.0973 e. The van der Waals surface area contributed by atoms with Crippen LogP contribution >= 0.6 is 0 Å². The molecule has 1 unspecified atom stereocenters. The zero-order valence-electron chi connectivity index (χ0n) is 9.68. The molecule has 0 aromatic rings. The average Bonchev–Trinajstić information content (AvgIpc) is 1.81. The molecule has 13 heavy (non-hydrogen) atoms. The van der Waals surface area contributed by atoms with Crippen LogP contribution in [0.25, 0.3) is 0 Å². The number of hydrogen-bond acceptors (Lipinski definition) is 2. The van der Waals surface area contributed by atoms with Crippen molar-refractivity contribution in [3.05, 3.63) is 0 Å². The third kappa shape index (κ3) is 2.71. The van der Waals surface area contributed by atoms with Crippen molar-refractivity contribution in [3.8, 4) is 0 Å². The second-order valence-corrected chi connectivity index (χ2v) is 5.02. The van der Waals surface area contributed by atoms with E-state index in [1.165, 1.54) is 0 Å². The quantitative estimate of drug-likeness (QED) is 0.641. The van der Waals surface area contributed by atoms with Gasteiger partial charge in [0, 0.05) is 8.41 Å². The molecule has 3 radical (unpaired) electrons. The van der Waals surface area contributed by atoms with Gasteiger partial charge in [-0.1, -0.05) is 27.7 Å². The molecule has 0 aliphatic heterocycles. The van der Waals surface area contributed by atoms with Crippen molar-refractivity contribution in [2.24, 2.45) is 5.41 Å². The van der Waals surface area contributed by atoms with Crippen molar-refractivity contribution in [3.63, 3.8) is 0 Å². The van der Waals surface area contributed by atoms with Crippen molar-refractivity contribution < 1.29 is 10.2 Å². The third-order valence-corrected chi connectivity index (χ3v) is 2.76. The van der Waals surface area contributed by atoms with Gasteiger partial charge in [-0.15, -0.1) is 0 Å². The van der Waals surface area contributed by atoms with Gasteiger partial charge in [-0.3, -0.25) is 0 Å². The molecule has 0 saturated carbocycles. The smallest absolute Gasteiger partial charge is 0.0973 e. The van der Waals surface area contributed by atoms with Gasteiger partial charge in [0.25, 0.3) is 0 Å². The first-order valence-electron chi connectivity index (χ1n) is 4.51. The molecule has 0 aromatic carbocycles. The van der Waals surface area contributed by atoms with Gasteiger partial charge in [-0.05, 0) is 25.7 Å². The van der Waals surface area contributed by atoms with Gasteiger partial charge in [-0.2, -0.15) is 0 Å². The van der Waals surface area contributed by atoms with Gasteiger partial charge < -0.3 is 10.2 Å². The molecule has 77 valence electrons. The van der Waals surface area contributed by atoms with Crippen molar-refractivity contribution >= 4 is 8.41 Å². The molecule has 1 atom stereocenters. The molecule has 0 saturated heterocycles. The van der Waals surface area contributed by atoms with E-state index in [-0.39, 0.29) is 13.8 Å². The van der Waals surface area contributed by atoms with Crippen LogP contribution in [0.3, 0.4) is 0 Å². The fraction of sp³-hybridized carbons (Fsp3) is 1.00. The largest absolute Gasteiger partial charge is 0.387 e. The molecule has 2 N–H and O–H groups in total. The number of aliphatic hydroxyl groups is 2. The topological polar surface area (TPSA) is 40.5 Å². The first-order valence-corrected chi connectivity index (χ1v) is 4.51. The lowest BCUT2D eigenvalue weighted by Gasteiger charge is -2.47. The molecule has 0 aromatic heterocycles.